The van der Waals surface area contributed by atoms with E-state index in [1.54, 1.807) is 14.2 Å². The first kappa shape index (κ1) is 21.2. The van der Waals surface area contributed by atoms with E-state index in [4.69, 9.17) is 14.2 Å². The fraction of sp³-hybridized carbons (Fsp3) is 0.440. The Hall–Kier alpha value is -3.02. The summed E-state index contributed by atoms with van der Waals surface area (Å²) < 4.78 is 17.6. The maximum atomic E-state index is 12.0. The quantitative estimate of drug-likeness (QED) is 0.616. The van der Waals surface area contributed by atoms with E-state index in [2.05, 4.69) is 0 Å². The Morgan fingerprint density at radius 2 is 1.81 bits per heavy atom. The lowest BCUT2D eigenvalue weighted by Gasteiger charge is -2.27. The lowest BCUT2D eigenvalue weighted by Crippen LogP contribution is -2.35. The third-order valence-electron chi connectivity index (χ3n) is 6.48. The summed E-state index contributed by atoms with van der Waals surface area (Å²) in [5, 5.41) is 9.86. The van der Waals surface area contributed by atoms with Crippen molar-refractivity contribution in [2.45, 2.75) is 51.6 Å². The summed E-state index contributed by atoms with van der Waals surface area (Å²) in [5.74, 6) is 0.805. The Bertz CT molecular complexity index is 1020. The zero-order chi connectivity index (χ0) is 22.2. The van der Waals surface area contributed by atoms with Gasteiger partial charge < -0.3 is 19.3 Å². The number of carboxylic acids is 1. The molecule has 2 aliphatic carbocycles. The first-order chi connectivity index (χ1) is 14.9. The lowest BCUT2D eigenvalue weighted by atomic mass is 9.94. The van der Waals surface area contributed by atoms with Gasteiger partial charge in [0.25, 0.3) is 0 Å². The average Bonchev–Trinajstić information content (AvgIpc) is 3.51. The molecule has 4 rings (SSSR count). The molecule has 31 heavy (non-hydrogen) atoms. The van der Waals surface area contributed by atoms with Crippen LogP contribution in [-0.2, 0) is 11.2 Å². The molecule has 0 bridgehead atoms. The van der Waals surface area contributed by atoms with Gasteiger partial charge in [0.15, 0.2) is 17.3 Å². The number of carbonyl (C=O) groups is 2. The minimum absolute atomic E-state index is 0.172. The maximum absolute atomic E-state index is 12.0. The molecule has 0 aromatic heterocycles. The minimum atomic E-state index is -0.855. The van der Waals surface area contributed by atoms with Gasteiger partial charge in [0, 0.05) is 17.5 Å². The van der Waals surface area contributed by atoms with Crippen molar-refractivity contribution in [3.63, 3.8) is 0 Å². The van der Waals surface area contributed by atoms with Crippen LogP contribution in [-0.4, -0.2) is 37.2 Å². The monoisotopic (exact) mass is 424 g/mol. The molecular weight excluding hydrogens is 396 g/mol. The van der Waals surface area contributed by atoms with Gasteiger partial charge in [-0.15, -0.1) is 0 Å². The lowest BCUT2D eigenvalue weighted by molar-refractivity contribution is -0.147. The van der Waals surface area contributed by atoms with E-state index in [0.29, 0.717) is 42.9 Å². The van der Waals surface area contributed by atoms with Crippen LogP contribution in [0.4, 0.5) is 0 Å². The van der Waals surface area contributed by atoms with Gasteiger partial charge in [0.05, 0.1) is 14.2 Å². The molecule has 0 spiro atoms. The van der Waals surface area contributed by atoms with Gasteiger partial charge in [-0.2, -0.15) is 0 Å². The van der Waals surface area contributed by atoms with E-state index < -0.39 is 17.5 Å². The molecular formula is C25H28O6. The molecule has 2 aromatic rings. The van der Waals surface area contributed by atoms with Crippen molar-refractivity contribution in [2.75, 3.05) is 14.2 Å². The minimum Gasteiger partial charge on any atom is -0.493 e. The molecule has 0 aliphatic heterocycles. The van der Waals surface area contributed by atoms with Crippen molar-refractivity contribution >= 4 is 11.8 Å². The highest BCUT2D eigenvalue weighted by Gasteiger charge is 2.57. The predicted octanol–water partition coefficient (Wildman–Crippen LogP) is 4.91. The molecule has 164 valence electrons. The second kappa shape index (κ2) is 8.25. The fourth-order valence-electron chi connectivity index (χ4n) is 4.53. The van der Waals surface area contributed by atoms with Crippen LogP contribution in [0.5, 0.6) is 17.2 Å². The van der Waals surface area contributed by atoms with Crippen LogP contribution in [0, 0.1) is 5.41 Å². The number of fused-ring (bicyclic) bond motifs is 1. The Labute approximate surface area is 182 Å². The number of hydrogen-bond acceptors (Lipinski definition) is 5. The number of carbonyl (C=O) groups excluding carboxylic acids is 1. The third kappa shape index (κ3) is 3.64. The van der Waals surface area contributed by atoms with Gasteiger partial charge >= 0.3 is 5.97 Å². The summed E-state index contributed by atoms with van der Waals surface area (Å²) in [6.45, 7) is 2.02. The Morgan fingerprint density at radius 3 is 2.42 bits per heavy atom. The number of aryl methyl sites for hydroxylation is 1. The second-order valence-electron chi connectivity index (χ2n) is 8.33. The molecule has 0 heterocycles. The molecule has 6 heteroatoms. The van der Waals surface area contributed by atoms with Crippen molar-refractivity contribution in [1.82, 2.24) is 0 Å². The van der Waals surface area contributed by atoms with Crippen LogP contribution >= 0.6 is 0 Å². The summed E-state index contributed by atoms with van der Waals surface area (Å²) in [4.78, 5) is 24.1. The summed E-state index contributed by atoms with van der Waals surface area (Å²) in [7, 11) is 3.11. The highest BCUT2D eigenvalue weighted by Crippen LogP contribution is 2.54. The summed E-state index contributed by atoms with van der Waals surface area (Å²) >= 11 is 0. The van der Waals surface area contributed by atoms with Crippen molar-refractivity contribution < 1.29 is 28.9 Å². The molecule has 1 unspecified atom stereocenters. The van der Waals surface area contributed by atoms with E-state index in [0.717, 1.165) is 35.1 Å². The van der Waals surface area contributed by atoms with Crippen LogP contribution < -0.4 is 14.2 Å². The predicted molar refractivity (Wildman–Crippen MR) is 116 cm³/mol. The summed E-state index contributed by atoms with van der Waals surface area (Å²) in [6.07, 6.45) is 3.45. The molecule has 1 atom stereocenters. The maximum Gasteiger partial charge on any atom is 0.313 e. The standard InChI is InChI=1S/C25H28O6/c1-4-5-21(25(12-13-25)24(27)28)31-22-18(9-11-20(29-2)23(22)30-3)16-6-8-17-15(14-16)7-10-19(17)26/h6,8-9,11,14,21H,4-5,7,10,12-13H2,1-3H3,(H,27,28). The zero-order valence-electron chi connectivity index (χ0n) is 18.2. The number of ketones is 1. The molecule has 1 N–H and O–H groups in total. The van der Waals surface area contributed by atoms with Crippen molar-refractivity contribution in [1.29, 1.82) is 0 Å². The van der Waals surface area contributed by atoms with E-state index in [1.165, 1.54) is 0 Å². The summed E-state index contributed by atoms with van der Waals surface area (Å²) in [5.41, 5.74) is 2.64. The highest BCUT2D eigenvalue weighted by molar-refractivity contribution is 6.01. The topological polar surface area (TPSA) is 82.1 Å². The number of benzene rings is 2. The number of Topliss-reactive ketones (excluding diaryl/α,β-unsaturated/α-hetero) is 1. The Kier molecular flexibility index (Phi) is 5.65. The van der Waals surface area contributed by atoms with Gasteiger partial charge in [0.2, 0.25) is 5.75 Å². The zero-order valence-corrected chi connectivity index (χ0v) is 18.2. The first-order valence-corrected chi connectivity index (χ1v) is 10.8. The average molecular weight is 424 g/mol. The molecule has 0 saturated heterocycles. The fourth-order valence-corrected chi connectivity index (χ4v) is 4.53. The number of hydrogen-bond donors (Lipinski definition) is 1. The van der Waals surface area contributed by atoms with Gasteiger partial charge in [-0.25, -0.2) is 0 Å². The molecule has 1 saturated carbocycles. The largest absolute Gasteiger partial charge is 0.493 e. The van der Waals surface area contributed by atoms with Crippen molar-refractivity contribution in [3.8, 4) is 28.4 Å². The van der Waals surface area contributed by atoms with Gasteiger partial charge in [-0.3, -0.25) is 9.59 Å². The number of aliphatic carboxylic acids is 1. The Morgan fingerprint density at radius 1 is 1.06 bits per heavy atom. The smallest absolute Gasteiger partial charge is 0.313 e. The molecule has 2 aliphatic rings. The van der Waals surface area contributed by atoms with Gasteiger partial charge in [-0.1, -0.05) is 31.5 Å². The first-order valence-electron chi connectivity index (χ1n) is 10.8. The van der Waals surface area contributed by atoms with Gasteiger partial charge in [0.1, 0.15) is 11.5 Å². The summed E-state index contributed by atoms with van der Waals surface area (Å²) in [6, 6.07) is 9.52. The van der Waals surface area contributed by atoms with Crippen molar-refractivity contribution in [3.05, 3.63) is 41.5 Å². The normalized spacial score (nSPS) is 17.1. The van der Waals surface area contributed by atoms with Crippen LogP contribution in [0.1, 0.15) is 54.9 Å². The van der Waals surface area contributed by atoms with Crippen LogP contribution in [0.15, 0.2) is 30.3 Å². The third-order valence-corrected chi connectivity index (χ3v) is 6.48. The number of carboxylic acid groups (broad SMARTS) is 1. The van der Waals surface area contributed by atoms with E-state index in [-0.39, 0.29) is 5.78 Å². The van der Waals surface area contributed by atoms with E-state index >= 15 is 0 Å². The van der Waals surface area contributed by atoms with Crippen LogP contribution in [0.2, 0.25) is 0 Å². The Balaban J connectivity index is 1.82. The molecule has 2 aromatic carbocycles. The molecule has 0 amide bonds. The number of methoxy groups -OCH3 is 2. The van der Waals surface area contributed by atoms with E-state index in [1.807, 2.05) is 37.3 Å². The van der Waals surface area contributed by atoms with Crippen LogP contribution in [0.25, 0.3) is 11.1 Å². The van der Waals surface area contributed by atoms with Crippen molar-refractivity contribution in [2.24, 2.45) is 5.41 Å². The molecule has 0 radical (unpaired) electrons. The van der Waals surface area contributed by atoms with Gasteiger partial charge in [-0.05, 0) is 48.9 Å². The highest BCUT2D eigenvalue weighted by atomic mass is 16.5. The SMILES string of the molecule is CCCC(Oc1c(-c2ccc3c(c2)CCC3=O)ccc(OC)c1OC)C1(C(=O)O)CC1. The molecule has 1 fully saturated rings. The number of rotatable bonds is 9. The second-order valence-corrected chi connectivity index (χ2v) is 8.33. The van der Waals surface area contributed by atoms with Crippen LogP contribution in [0.3, 0.4) is 0 Å². The number of ether oxygens (including phenoxy) is 3. The molecule has 6 nitrogen and oxygen atoms in total. The van der Waals surface area contributed by atoms with E-state index in [9.17, 15) is 14.7 Å².